The van der Waals surface area contributed by atoms with Crippen molar-refractivity contribution >= 4 is 29.6 Å². The number of hydrogen-bond donors (Lipinski definition) is 2. The lowest BCUT2D eigenvalue weighted by molar-refractivity contribution is 1.23. The highest BCUT2D eigenvalue weighted by molar-refractivity contribution is 7.11. The van der Waals surface area contributed by atoms with E-state index >= 15 is 0 Å². The summed E-state index contributed by atoms with van der Waals surface area (Å²) >= 11 is 1.40. The molecule has 0 aliphatic heterocycles. The Kier molecular flexibility index (Phi) is 3.32. The van der Waals surface area contributed by atoms with Gasteiger partial charge in [-0.1, -0.05) is 0 Å². The molecule has 0 aliphatic rings. The van der Waals surface area contributed by atoms with Gasteiger partial charge in [0, 0.05) is 11.1 Å². The highest BCUT2D eigenvalue weighted by Gasteiger charge is 1.98. The summed E-state index contributed by atoms with van der Waals surface area (Å²) in [5, 5.41) is 9.45. The van der Waals surface area contributed by atoms with Crippen LogP contribution in [0.4, 0.5) is 0 Å². The first-order valence-corrected chi connectivity index (χ1v) is 3.34. The second-order valence-electron chi connectivity index (χ2n) is 1.71. The standard InChI is InChI=1S/C5H7N3S.ClH/c1-3-2-9-5(8-3)4(6)7;/h2H,1H3,(H3,6,7);1H. The minimum atomic E-state index is 0. The van der Waals surface area contributed by atoms with Gasteiger partial charge in [-0.15, -0.1) is 23.7 Å². The van der Waals surface area contributed by atoms with Crippen molar-refractivity contribution in [3.63, 3.8) is 0 Å². The molecule has 0 bridgehead atoms. The first-order valence-electron chi connectivity index (χ1n) is 2.46. The van der Waals surface area contributed by atoms with Gasteiger partial charge in [-0.3, -0.25) is 5.41 Å². The summed E-state index contributed by atoms with van der Waals surface area (Å²) in [6.45, 7) is 1.88. The molecule has 0 amide bonds. The molecule has 3 nitrogen and oxygen atoms in total. The molecule has 0 atom stereocenters. The SMILES string of the molecule is Cc1csc(C(=N)N)n1.Cl. The average Bonchev–Trinajstić information content (AvgIpc) is 2.14. The lowest BCUT2D eigenvalue weighted by atomic mass is 10.6. The number of rotatable bonds is 1. The molecule has 0 saturated carbocycles. The maximum atomic E-state index is 6.97. The first-order chi connectivity index (χ1) is 4.20. The number of nitrogens with zero attached hydrogens (tertiary/aromatic N) is 1. The number of aromatic nitrogens is 1. The lowest BCUT2D eigenvalue weighted by Gasteiger charge is -1.84. The van der Waals surface area contributed by atoms with Crippen LogP contribution in [-0.2, 0) is 0 Å². The van der Waals surface area contributed by atoms with Crippen molar-refractivity contribution in [2.75, 3.05) is 0 Å². The van der Waals surface area contributed by atoms with Gasteiger partial charge in [0.2, 0.25) is 0 Å². The molecule has 56 valence electrons. The van der Waals surface area contributed by atoms with E-state index in [1.807, 2.05) is 12.3 Å². The Morgan fingerprint density at radius 2 is 2.40 bits per heavy atom. The van der Waals surface area contributed by atoms with Crippen LogP contribution >= 0.6 is 23.7 Å². The van der Waals surface area contributed by atoms with Crippen molar-refractivity contribution in [3.8, 4) is 0 Å². The van der Waals surface area contributed by atoms with Crippen molar-refractivity contribution in [2.45, 2.75) is 6.92 Å². The number of nitrogen functional groups attached to an aromatic ring is 1. The molecular weight excluding hydrogens is 170 g/mol. The van der Waals surface area contributed by atoms with Crippen LogP contribution in [0.15, 0.2) is 5.38 Å². The molecule has 0 aromatic carbocycles. The van der Waals surface area contributed by atoms with E-state index in [1.54, 1.807) is 0 Å². The second-order valence-corrected chi connectivity index (χ2v) is 2.57. The van der Waals surface area contributed by atoms with Crippen LogP contribution < -0.4 is 5.73 Å². The van der Waals surface area contributed by atoms with Crippen molar-refractivity contribution in [1.82, 2.24) is 4.98 Å². The van der Waals surface area contributed by atoms with E-state index in [-0.39, 0.29) is 18.2 Å². The molecule has 1 heterocycles. The third-order valence-corrected chi connectivity index (χ3v) is 1.84. The average molecular weight is 178 g/mol. The predicted molar refractivity (Wildman–Crippen MR) is 45.1 cm³/mol. The van der Waals surface area contributed by atoms with Crippen LogP contribution in [0.3, 0.4) is 0 Å². The first kappa shape index (κ1) is 9.39. The van der Waals surface area contributed by atoms with Crippen LogP contribution in [0.1, 0.15) is 10.7 Å². The van der Waals surface area contributed by atoms with Crippen LogP contribution in [0.2, 0.25) is 0 Å². The minimum Gasteiger partial charge on any atom is -0.382 e. The van der Waals surface area contributed by atoms with Gasteiger partial charge in [0.05, 0.1) is 0 Å². The molecule has 1 aromatic rings. The maximum absolute atomic E-state index is 6.97. The number of amidine groups is 1. The van der Waals surface area contributed by atoms with E-state index < -0.39 is 0 Å². The zero-order valence-corrected chi connectivity index (χ0v) is 7.05. The Labute approximate surface area is 69.2 Å². The fourth-order valence-corrected chi connectivity index (χ4v) is 1.14. The lowest BCUT2D eigenvalue weighted by Crippen LogP contribution is -2.10. The summed E-state index contributed by atoms with van der Waals surface area (Å²) in [5.41, 5.74) is 6.08. The molecule has 0 aliphatic carbocycles. The van der Waals surface area contributed by atoms with E-state index in [1.165, 1.54) is 11.3 Å². The minimum absolute atomic E-state index is 0. The highest BCUT2D eigenvalue weighted by atomic mass is 35.5. The number of thiazole rings is 1. The molecule has 0 radical (unpaired) electrons. The summed E-state index contributed by atoms with van der Waals surface area (Å²) in [6, 6.07) is 0. The smallest absolute Gasteiger partial charge is 0.158 e. The van der Waals surface area contributed by atoms with Gasteiger partial charge in [0.1, 0.15) is 0 Å². The van der Waals surface area contributed by atoms with Crippen LogP contribution in [0.25, 0.3) is 0 Å². The molecule has 0 spiro atoms. The molecule has 1 aromatic heterocycles. The molecular formula is C5H8ClN3S. The third kappa shape index (κ3) is 1.97. The topological polar surface area (TPSA) is 62.8 Å². The number of nitrogens with two attached hydrogens (primary N) is 1. The maximum Gasteiger partial charge on any atom is 0.158 e. The van der Waals surface area contributed by atoms with Crippen LogP contribution in [0, 0.1) is 12.3 Å². The molecule has 5 heteroatoms. The Morgan fingerprint density at radius 3 is 2.60 bits per heavy atom. The zero-order valence-electron chi connectivity index (χ0n) is 5.42. The normalized spacial score (nSPS) is 8.50. The van der Waals surface area contributed by atoms with E-state index in [2.05, 4.69) is 4.98 Å². The van der Waals surface area contributed by atoms with E-state index in [0.717, 1.165) is 5.69 Å². The van der Waals surface area contributed by atoms with E-state index in [9.17, 15) is 0 Å². The number of halogens is 1. The summed E-state index contributed by atoms with van der Waals surface area (Å²) in [4.78, 5) is 3.98. The highest BCUT2D eigenvalue weighted by Crippen LogP contribution is 2.06. The van der Waals surface area contributed by atoms with Crippen molar-refractivity contribution in [3.05, 3.63) is 16.1 Å². The third-order valence-electron chi connectivity index (χ3n) is 0.849. The molecule has 1 rings (SSSR count). The van der Waals surface area contributed by atoms with Gasteiger partial charge in [0.15, 0.2) is 10.8 Å². The largest absolute Gasteiger partial charge is 0.382 e. The van der Waals surface area contributed by atoms with Gasteiger partial charge in [-0.25, -0.2) is 4.98 Å². The second kappa shape index (κ2) is 3.53. The summed E-state index contributed by atoms with van der Waals surface area (Å²) < 4.78 is 0. The fourth-order valence-electron chi connectivity index (χ4n) is 0.478. The van der Waals surface area contributed by atoms with Crippen molar-refractivity contribution in [2.24, 2.45) is 5.73 Å². The Morgan fingerprint density at radius 1 is 1.80 bits per heavy atom. The molecule has 0 unspecified atom stereocenters. The summed E-state index contributed by atoms with van der Waals surface area (Å²) in [7, 11) is 0. The molecule has 0 saturated heterocycles. The number of aryl methyl sites for hydroxylation is 1. The van der Waals surface area contributed by atoms with Gasteiger partial charge in [-0.2, -0.15) is 0 Å². The van der Waals surface area contributed by atoms with Gasteiger partial charge < -0.3 is 5.73 Å². The summed E-state index contributed by atoms with van der Waals surface area (Å²) in [6.07, 6.45) is 0. The zero-order chi connectivity index (χ0) is 6.85. The Balaban J connectivity index is 0.000000810. The molecule has 10 heavy (non-hydrogen) atoms. The van der Waals surface area contributed by atoms with Gasteiger partial charge in [-0.05, 0) is 6.92 Å². The van der Waals surface area contributed by atoms with Crippen molar-refractivity contribution in [1.29, 1.82) is 5.41 Å². The van der Waals surface area contributed by atoms with Crippen LogP contribution in [0.5, 0.6) is 0 Å². The monoisotopic (exact) mass is 177 g/mol. The summed E-state index contributed by atoms with van der Waals surface area (Å²) in [5.74, 6) is 0.0492. The van der Waals surface area contributed by atoms with Crippen LogP contribution in [-0.4, -0.2) is 10.8 Å². The van der Waals surface area contributed by atoms with E-state index in [4.69, 9.17) is 11.1 Å². The quantitative estimate of drug-likeness (QED) is 0.500. The fraction of sp³-hybridized carbons (Fsp3) is 0.200. The number of hydrogen-bond acceptors (Lipinski definition) is 3. The van der Waals surface area contributed by atoms with E-state index in [0.29, 0.717) is 5.01 Å². The predicted octanol–water partition coefficient (Wildman–Crippen LogP) is 1.16. The Bertz CT molecular complexity index is 233. The van der Waals surface area contributed by atoms with Gasteiger partial charge >= 0.3 is 0 Å². The Hall–Kier alpha value is -0.610. The number of nitrogens with one attached hydrogen (secondary N) is 1. The van der Waals surface area contributed by atoms with Gasteiger partial charge in [0.25, 0.3) is 0 Å². The molecule has 0 fully saturated rings. The van der Waals surface area contributed by atoms with Crippen molar-refractivity contribution < 1.29 is 0 Å². The molecule has 3 N–H and O–H groups in total.